The minimum atomic E-state index is 0.0816. The standard InChI is InChI=1S/C17H16N2O2/c1-3-7-13(20)14-11(2)10-18-16-15(14)21-17(19-16)12-8-5-4-6-9-12/h4-6,8-10H,3,7H2,1-2H3. The minimum Gasteiger partial charge on any atom is -0.434 e. The summed E-state index contributed by atoms with van der Waals surface area (Å²) in [6.45, 7) is 3.86. The molecule has 1 aromatic carbocycles. The number of hydrogen-bond donors (Lipinski definition) is 0. The molecule has 3 aromatic rings. The minimum absolute atomic E-state index is 0.0816. The van der Waals surface area contributed by atoms with E-state index in [2.05, 4.69) is 9.97 Å². The van der Waals surface area contributed by atoms with Gasteiger partial charge in [0.25, 0.3) is 0 Å². The predicted octanol–water partition coefficient (Wildman–Crippen LogP) is 4.18. The molecule has 0 N–H and O–H groups in total. The number of carbonyl (C=O) groups is 1. The van der Waals surface area contributed by atoms with E-state index in [1.165, 1.54) is 0 Å². The van der Waals surface area contributed by atoms with Crippen molar-refractivity contribution < 1.29 is 9.21 Å². The number of nitrogens with zero attached hydrogens (tertiary/aromatic N) is 2. The van der Waals surface area contributed by atoms with Crippen molar-refractivity contribution in [3.05, 3.63) is 47.7 Å². The van der Waals surface area contributed by atoms with Crippen LogP contribution in [0.4, 0.5) is 0 Å². The molecule has 0 fully saturated rings. The van der Waals surface area contributed by atoms with Crippen LogP contribution in [0.1, 0.15) is 35.7 Å². The third-order valence-corrected chi connectivity index (χ3v) is 3.39. The summed E-state index contributed by atoms with van der Waals surface area (Å²) in [5.41, 5.74) is 3.29. The van der Waals surface area contributed by atoms with Crippen LogP contribution in [0, 0.1) is 6.92 Å². The highest BCUT2D eigenvalue weighted by Gasteiger charge is 2.19. The lowest BCUT2D eigenvalue weighted by Crippen LogP contribution is -2.02. The number of aromatic nitrogens is 2. The number of aryl methyl sites for hydroxylation is 1. The molecule has 0 saturated heterocycles. The Bertz CT molecular complexity index is 791. The first-order chi connectivity index (χ1) is 10.2. The van der Waals surface area contributed by atoms with Gasteiger partial charge in [-0.2, -0.15) is 4.98 Å². The highest BCUT2D eigenvalue weighted by atomic mass is 16.3. The molecule has 0 aliphatic rings. The number of fused-ring (bicyclic) bond motifs is 1. The maximum Gasteiger partial charge on any atom is 0.228 e. The van der Waals surface area contributed by atoms with E-state index in [-0.39, 0.29) is 5.78 Å². The van der Waals surface area contributed by atoms with Gasteiger partial charge in [0.05, 0.1) is 5.56 Å². The number of benzene rings is 1. The second-order valence-corrected chi connectivity index (χ2v) is 5.03. The van der Waals surface area contributed by atoms with Gasteiger partial charge < -0.3 is 4.42 Å². The van der Waals surface area contributed by atoms with E-state index in [4.69, 9.17) is 4.42 Å². The zero-order valence-electron chi connectivity index (χ0n) is 12.1. The summed E-state index contributed by atoms with van der Waals surface area (Å²) in [6, 6.07) is 9.62. The van der Waals surface area contributed by atoms with E-state index in [1.54, 1.807) is 6.20 Å². The van der Waals surface area contributed by atoms with Gasteiger partial charge in [0.1, 0.15) is 0 Å². The van der Waals surface area contributed by atoms with E-state index >= 15 is 0 Å². The van der Waals surface area contributed by atoms with Gasteiger partial charge in [-0.3, -0.25) is 4.79 Å². The maximum atomic E-state index is 12.3. The molecule has 21 heavy (non-hydrogen) atoms. The first kappa shape index (κ1) is 13.5. The van der Waals surface area contributed by atoms with Crippen molar-refractivity contribution in [3.8, 4) is 11.5 Å². The van der Waals surface area contributed by atoms with Crippen LogP contribution >= 0.6 is 0 Å². The molecule has 2 heterocycles. The monoisotopic (exact) mass is 280 g/mol. The lowest BCUT2D eigenvalue weighted by Gasteiger charge is -2.03. The normalized spacial score (nSPS) is 11.0. The van der Waals surface area contributed by atoms with E-state index in [0.29, 0.717) is 29.1 Å². The Kier molecular flexibility index (Phi) is 3.52. The second-order valence-electron chi connectivity index (χ2n) is 5.03. The van der Waals surface area contributed by atoms with Crippen LogP contribution in [0.3, 0.4) is 0 Å². The lowest BCUT2D eigenvalue weighted by molar-refractivity contribution is 0.0982. The summed E-state index contributed by atoms with van der Waals surface area (Å²) >= 11 is 0. The Labute approximate surface area is 122 Å². The van der Waals surface area contributed by atoms with Gasteiger partial charge in [-0.1, -0.05) is 25.1 Å². The molecule has 4 nitrogen and oxygen atoms in total. The Morgan fingerprint density at radius 3 is 2.71 bits per heavy atom. The van der Waals surface area contributed by atoms with Crippen LogP contribution < -0.4 is 0 Å². The Morgan fingerprint density at radius 1 is 1.24 bits per heavy atom. The van der Waals surface area contributed by atoms with Gasteiger partial charge in [0.2, 0.25) is 5.89 Å². The maximum absolute atomic E-state index is 12.3. The molecule has 0 bridgehead atoms. The summed E-state index contributed by atoms with van der Waals surface area (Å²) in [6.07, 6.45) is 2.99. The summed E-state index contributed by atoms with van der Waals surface area (Å²) < 4.78 is 5.84. The fourth-order valence-electron chi connectivity index (χ4n) is 2.37. The molecule has 0 aliphatic carbocycles. The SMILES string of the molecule is CCCC(=O)c1c(C)cnc2nc(-c3ccccc3)oc12. The van der Waals surface area contributed by atoms with Crippen molar-refractivity contribution in [1.29, 1.82) is 0 Å². The van der Waals surface area contributed by atoms with Gasteiger partial charge >= 0.3 is 0 Å². The van der Waals surface area contributed by atoms with Crippen molar-refractivity contribution >= 4 is 17.0 Å². The van der Waals surface area contributed by atoms with Gasteiger partial charge in [-0.25, -0.2) is 4.98 Å². The number of oxazole rings is 1. The summed E-state index contributed by atoms with van der Waals surface area (Å²) in [5, 5.41) is 0. The largest absolute Gasteiger partial charge is 0.434 e. The summed E-state index contributed by atoms with van der Waals surface area (Å²) in [5.74, 6) is 0.576. The van der Waals surface area contributed by atoms with Gasteiger partial charge in [-0.15, -0.1) is 0 Å². The van der Waals surface area contributed by atoms with E-state index in [0.717, 1.165) is 17.5 Å². The fraction of sp³-hybridized carbons (Fsp3) is 0.235. The van der Waals surface area contributed by atoms with Crippen LogP contribution in [-0.2, 0) is 0 Å². The van der Waals surface area contributed by atoms with Gasteiger partial charge in [0, 0.05) is 18.2 Å². The lowest BCUT2D eigenvalue weighted by atomic mass is 10.0. The quantitative estimate of drug-likeness (QED) is 0.673. The molecule has 0 atom stereocenters. The van der Waals surface area contributed by atoms with Crippen molar-refractivity contribution in [2.24, 2.45) is 0 Å². The molecule has 0 amide bonds. The zero-order valence-corrected chi connectivity index (χ0v) is 12.1. The third kappa shape index (κ3) is 2.44. The van der Waals surface area contributed by atoms with Gasteiger partial charge in [0.15, 0.2) is 17.0 Å². The molecule has 3 rings (SSSR count). The number of hydrogen-bond acceptors (Lipinski definition) is 4. The number of rotatable bonds is 4. The van der Waals surface area contributed by atoms with E-state index in [1.807, 2.05) is 44.2 Å². The van der Waals surface area contributed by atoms with Crippen LogP contribution in [0.25, 0.3) is 22.7 Å². The predicted molar refractivity (Wildman–Crippen MR) is 81.2 cm³/mol. The van der Waals surface area contributed by atoms with Crippen LogP contribution in [0.5, 0.6) is 0 Å². The average Bonchev–Trinajstić information content (AvgIpc) is 2.92. The first-order valence-electron chi connectivity index (χ1n) is 7.05. The zero-order chi connectivity index (χ0) is 14.8. The molecule has 106 valence electrons. The van der Waals surface area contributed by atoms with Crippen LogP contribution in [0.2, 0.25) is 0 Å². The highest BCUT2D eigenvalue weighted by molar-refractivity contribution is 6.06. The Hall–Kier alpha value is -2.49. The molecular formula is C17H16N2O2. The summed E-state index contributed by atoms with van der Waals surface area (Å²) in [4.78, 5) is 21.0. The van der Waals surface area contributed by atoms with E-state index in [9.17, 15) is 4.79 Å². The molecule has 0 unspecified atom stereocenters. The molecule has 2 aromatic heterocycles. The second kappa shape index (κ2) is 5.48. The fourth-order valence-corrected chi connectivity index (χ4v) is 2.37. The first-order valence-corrected chi connectivity index (χ1v) is 7.05. The summed E-state index contributed by atoms with van der Waals surface area (Å²) in [7, 11) is 0. The third-order valence-electron chi connectivity index (χ3n) is 3.39. The smallest absolute Gasteiger partial charge is 0.228 e. The molecule has 0 saturated carbocycles. The molecular weight excluding hydrogens is 264 g/mol. The Balaban J connectivity index is 2.18. The number of ketones is 1. The topological polar surface area (TPSA) is 56.0 Å². The van der Waals surface area contributed by atoms with Crippen LogP contribution in [0.15, 0.2) is 40.9 Å². The van der Waals surface area contributed by atoms with Crippen molar-refractivity contribution in [2.45, 2.75) is 26.7 Å². The molecule has 0 aliphatic heterocycles. The number of Topliss-reactive ketones (excluding diaryl/α,β-unsaturated/α-hetero) is 1. The molecule has 4 heteroatoms. The number of carbonyl (C=O) groups excluding carboxylic acids is 1. The van der Waals surface area contributed by atoms with Gasteiger partial charge in [-0.05, 0) is 31.0 Å². The molecule has 0 radical (unpaired) electrons. The van der Waals surface area contributed by atoms with E-state index < -0.39 is 0 Å². The van der Waals surface area contributed by atoms with Crippen LogP contribution in [-0.4, -0.2) is 15.8 Å². The Morgan fingerprint density at radius 2 is 2.00 bits per heavy atom. The van der Waals surface area contributed by atoms with Crippen molar-refractivity contribution in [2.75, 3.05) is 0 Å². The molecule has 0 spiro atoms. The number of pyridine rings is 1. The van der Waals surface area contributed by atoms with Crippen molar-refractivity contribution in [3.63, 3.8) is 0 Å². The highest BCUT2D eigenvalue weighted by Crippen LogP contribution is 2.27. The average molecular weight is 280 g/mol. The van der Waals surface area contributed by atoms with Crippen molar-refractivity contribution in [1.82, 2.24) is 9.97 Å².